The van der Waals surface area contributed by atoms with Crippen LogP contribution in [0.15, 0.2) is 0 Å². The lowest BCUT2D eigenvalue weighted by atomic mass is 9.91. The lowest BCUT2D eigenvalue weighted by Crippen LogP contribution is -2.23. The second-order valence-electron chi connectivity index (χ2n) is 4.18. The molecule has 0 amide bonds. The van der Waals surface area contributed by atoms with Gasteiger partial charge in [-0.05, 0) is 32.1 Å². The Morgan fingerprint density at radius 1 is 1.27 bits per heavy atom. The van der Waals surface area contributed by atoms with Crippen LogP contribution in [0, 0.1) is 5.92 Å². The van der Waals surface area contributed by atoms with E-state index in [-0.39, 0.29) is 0 Å². The third-order valence-electron chi connectivity index (χ3n) is 2.05. The Labute approximate surface area is 70.8 Å². The number of hydrogen-bond acceptors (Lipinski definition) is 1. The van der Waals surface area contributed by atoms with E-state index < -0.39 is 5.60 Å². The summed E-state index contributed by atoms with van der Waals surface area (Å²) in [5.74, 6) is 0.707. The molecule has 0 saturated carbocycles. The Hall–Kier alpha value is -0.0400. The Balaban J connectivity index is 3.54. The quantitative estimate of drug-likeness (QED) is 0.652. The molecule has 0 aromatic rings. The van der Waals surface area contributed by atoms with Crippen LogP contribution in [0.5, 0.6) is 0 Å². The van der Waals surface area contributed by atoms with Crippen LogP contribution >= 0.6 is 0 Å². The van der Waals surface area contributed by atoms with Crippen molar-refractivity contribution in [1.29, 1.82) is 0 Å². The van der Waals surface area contributed by atoms with Gasteiger partial charge in [0.15, 0.2) is 0 Å². The first-order chi connectivity index (χ1) is 4.98. The highest BCUT2D eigenvalue weighted by molar-refractivity contribution is 4.71. The monoisotopic (exact) mass is 158 g/mol. The molecule has 1 unspecified atom stereocenters. The molecule has 0 aliphatic heterocycles. The fourth-order valence-electron chi connectivity index (χ4n) is 1.26. The molecule has 11 heavy (non-hydrogen) atoms. The van der Waals surface area contributed by atoms with E-state index >= 15 is 0 Å². The van der Waals surface area contributed by atoms with Crippen LogP contribution < -0.4 is 0 Å². The lowest BCUT2D eigenvalue weighted by molar-refractivity contribution is 0.0360. The average molecular weight is 158 g/mol. The maximum Gasteiger partial charge on any atom is 0.0619 e. The molecule has 0 heterocycles. The summed E-state index contributed by atoms with van der Waals surface area (Å²) in [6.45, 7) is 8.45. The Morgan fingerprint density at radius 2 is 1.82 bits per heavy atom. The first-order valence-corrected chi connectivity index (χ1v) is 4.70. The molecule has 68 valence electrons. The standard InChI is InChI=1S/C10H22O/c1-5-7-10(4,11)8-6-9(2)3/h9,11H,5-8H2,1-4H3. The highest BCUT2D eigenvalue weighted by Gasteiger charge is 2.18. The third kappa shape index (κ3) is 6.36. The highest BCUT2D eigenvalue weighted by atomic mass is 16.3. The van der Waals surface area contributed by atoms with Crippen molar-refractivity contribution in [2.75, 3.05) is 0 Å². The molecule has 0 aliphatic carbocycles. The Bertz CT molecular complexity index is 95.0. The van der Waals surface area contributed by atoms with Crippen molar-refractivity contribution in [3.63, 3.8) is 0 Å². The molecule has 0 aliphatic rings. The summed E-state index contributed by atoms with van der Waals surface area (Å²) < 4.78 is 0. The summed E-state index contributed by atoms with van der Waals surface area (Å²) >= 11 is 0. The van der Waals surface area contributed by atoms with Gasteiger partial charge in [-0.2, -0.15) is 0 Å². The van der Waals surface area contributed by atoms with Crippen LogP contribution in [0.3, 0.4) is 0 Å². The molecule has 0 aromatic heterocycles. The fraction of sp³-hybridized carbons (Fsp3) is 1.00. The van der Waals surface area contributed by atoms with Gasteiger partial charge in [0, 0.05) is 0 Å². The molecule has 0 saturated heterocycles. The molecule has 0 rings (SSSR count). The topological polar surface area (TPSA) is 20.2 Å². The second-order valence-corrected chi connectivity index (χ2v) is 4.18. The number of rotatable bonds is 5. The van der Waals surface area contributed by atoms with E-state index in [1.54, 1.807) is 0 Å². The minimum absolute atomic E-state index is 0.418. The summed E-state index contributed by atoms with van der Waals surface area (Å²) in [5, 5.41) is 9.76. The highest BCUT2D eigenvalue weighted by Crippen LogP contribution is 2.20. The van der Waals surface area contributed by atoms with Crippen LogP contribution in [0.1, 0.15) is 53.4 Å². The Kier molecular flexibility index (Phi) is 4.74. The van der Waals surface area contributed by atoms with E-state index in [0.717, 1.165) is 25.7 Å². The van der Waals surface area contributed by atoms with Crippen LogP contribution in [0.25, 0.3) is 0 Å². The molecule has 0 fully saturated rings. The summed E-state index contributed by atoms with van der Waals surface area (Å²) in [4.78, 5) is 0. The normalized spacial score (nSPS) is 16.9. The SMILES string of the molecule is CCCC(C)(O)CCC(C)C. The van der Waals surface area contributed by atoms with Gasteiger partial charge in [0.2, 0.25) is 0 Å². The third-order valence-corrected chi connectivity index (χ3v) is 2.05. The fourth-order valence-corrected chi connectivity index (χ4v) is 1.26. The van der Waals surface area contributed by atoms with Crippen molar-refractivity contribution in [2.45, 2.75) is 59.0 Å². The smallest absolute Gasteiger partial charge is 0.0619 e. The molecule has 0 radical (unpaired) electrons. The van der Waals surface area contributed by atoms with Gasteiger partial charge in [0.1, 0.15) is 0 Å². The van der Waals surface area contributed by atoms with Gasteiger partial charge in [-0.25, -0.2) is 0 Å². The van der Waals surface area contributed by atoms with E-state index in [2.05, 4.69) is 20.8 Å². The van der Waals surface area contributed by atoms with Crippen molar-refractivity contribution in [3.8, 4) is 0 Å². The number of hydrogen-bond donors (Lipinski definition) is 1. The minimum Gasteiger partial charge on any atom is -0.390 e. The van der Waals surface area contributed by atoms with Crippen LogP contribution in [0.4, 0.5) is 0 Å². The molecule has 0 spiro atoms. The summed E-state index contributed by atoms with van der Waals surface area (Å²) in [5.41, 5.74) is -0.418. The van der Waals surface area contributed by atoms with Crippen molar-refractivity contribution in [3.05, 3.63) is 0 Å². The van der Waals surface area contributed by atoms with Gasteiger partial charge < -0.3 is 5.11 Å². The average Bonchev–Trinajstić information content (AvgIpc) is 1.84. The first kappa shape index (κ1) is 11.0. The van der Waals surface area contributed by atoms with Crippen LogP contribution in [-0.4, -0.2) is 10.7 Å². The predicted octanol–water partition coefficient (Wildman–Crippen LogP) is 2.97. The van der Waals surface area contributed by atoms with E-state index in [4.69, 9.17) is 0 Å². The van der Waals surface area contributed by atoms with Crippen molar-refractivity contribution in [2.24, 2.45) is 5.92 Å². The predicted molar refractivity (Wildman–Crippen MR) is 49.6 cm³/mol. The molecular weight excluding hydrogens is 136 g/mol. The number of aliphatic hydroxyl groups is 1. The molecule has 1 atom stereocenters. The van der Waals surface area contributed by atoms with Gasteiger partial charge in [-0.15, -0.1) is 0 Å². The Morgan fingerprint density at radius 3 is 2.18 bits per heavy atom. The van der Waals surface area contributed by atoms with E-state index in [1.165, 1.54) is 0 Å². The van der Waals surface area contributed by atoms with Crippen molar-refractivity contribution >= 4 is 0 Å². The molecule has 1 heteroatoms. The second kappa shape index (κ2) is 4.76. The zero-order chi connectivity index (χ0) is 8.91. The van der Waals surface area contributed by atoms with E-state index in [0.29, 0.717) is 5.92 Å². The first-order valence-electron chi connectivity index (χ1n) is 4.70. The van der Waals surface area contributed by atoms with Gasteiger partial charge in [0.05, 0.1) is 5.60 Å². The largest absolute Gasteiger partial charge is 0.390 e. The van der Waals surface area contributed by atoms with Gasteiger partial charge in [-0.1, -0.05) is 27.2 Å². The van der Waals surface area contributed by atoms with Gasteiger partial charge in [-0.3, -0.25) is 0 Å². The minimum atomic E-state index is -0.418. The van der Waals surface area contributed by atoms with Crippen molar-refractivity contribution < 1.29 is 5.11 Å². The summed E-state index contributed by atoms with van der Waals surface area (Å²) in [7, 11) is 0. The van der Waals surface area contributed by atoms with E-state index in [1.807, 2.05) is 6.92 Å². The summed E-state index contributed by atoms with van der Waals surface area (Å²) in [6, 6.07) is 0. The summed E-state index contributed by atoms with van der Waals surface area (Å²) in [6.07, 6.45) is 4.08. The van der Waals surface area contributed by atoms with E-state index in [9.17, 15) is 5.11 Å². The molecule has 0 bridgehead atoms. The lowest BCUT2D eigenvalue weighted by Gasteiger charge is -2.23. The molecule has 1 nitrogen and oxygen atoms in total. The zero-order valence-corrected chi connectivity index (χ0v) is 8.35. The molecule has 0 aromatic carbocycles. The molecular formula is C10H22O. The molecule has 1 N–H and O–H groups in total. The van der Waals surface area contributed by atoms with Gasteiger partial charge >= 0.3 is 0 Å². The maximum atomic E-state index is 9.76. The van der Waals surface area contributed by atoms with Crippen LogP contribution in [0.2, 0.25) is 0 Å². The maximum absolute atomic E-state index is 9.76. The van der Waals surface area contributed by atoms with Crippen LogP contribution in [-0.2, 0) is 0 Å². The van der Waals surface area contributed by atoms with Crippen molar-refractivity contribution in [1.82, 2.24) is 0 Å². The zero-order valence-electron chi connectivity index (χ0n) is 8.35. The van der Waals surface area contributed by atoms with Gasteiger partial charge in [0.25, 0.3) is 0 Å².